The predicted octanol–water partition coefficient (Wildman–Crippen LogP) is 0.587. The molecule has 20 heavy (non-hydrogen) atoms. The van der Waals surface area contributed by atoms with Crippen molar-refractivity contribution < 1.29 is 22.8 Å². The van der Waals surface area contributed by atoms with Gasteiger partial charge in [-0.25, -0.2) is 13.6 Å². The second kappa shape index (κ2) is 7.17. The molecule has 9 heteroatoms. The van der Waals surface area contributed by atoms with E-state index in [0.717, 1.165) is 0 Å². The summed E-state index contributed by atoms with van der Waals surface area (Å²) in [4.78, 5) is 10.3. The maximum Gasteiger partial charge on any atom is 0.311 e. The van der Waals surface area contributed by atoms with Gasteiger partial charge in [-0.2, -0.15) is 0 Å². The molecule has 0 spiro atoms. The molecular weight excluding hydrogens is 288 g/mol. The quantitative estimate of drug-likeness (QED) is 0.426. The van der Waals surface area contributed by atoms with Crippen LogP contribution in [0, 0.1) is 17.0 Å². The first-order valence-corrected chi connectivity index (χ1v) is 7.48. The largest absolute Gasteiger partial charge is 0.484 e. The van der Waals surface area contributed by atoms with Crippen LogP contribution < -0.4 is 9.88 Å². The molecule has 0 aromatic heterocycles. The van der Waals surface area contributed by atoms with Crippen LogP contribution in [-0.4, -0.2) is 38.9 Å². The van der Waals surface area contributed by atoms with Crippen LogP contribution >= 0.6 is 0 Å². The van der Waals surface area contributed by atoms with Gasteiger partial charge in [0.15, 0.2) is 5.75 Å². The number of hydrogen-bond acceptors (Lipinski definition) is 6. The lowest BCUT2D eigenvalue weighted by molar-refractivity contribution is -0.385. The van der Waals surface area contributed by atoms with Crippen molar-refractivity contribution in [2.24, 2.45) is 5.14 Å². The van der Waals surface area contributed by atoms with Crippen molar-refractivity contribution in [1.82, 2.24) is 0 Å². The molecule has 2 N–H and O–H groups in total. The minimum absolute atomic E-state index is 0.0436. The number of benzene rings is 1. The van der Waals surface area contributed by atoms with E-state index in [2.05, 4.69) is 0 Å². The van der Waals surface area contributed by atoms with E-state index in [1.165, 1.54) is 6.07 Å². The zero-order valence-electron chi connectivity index (χ0n) is 10.9. The molecular formula is C11H16N2O6S. The van der Waals surface area contributed by atoms with Crippen LogP contribution in [0.2, 0.25) is 0 Å². The van der Waals surface area contributed by atoms with Crippen LogP contribution in [0.15, 0.2) is 18.2 Å². The van der Waals surface area contributed by atoms with Crippen molar-refractivity contribution in [1.29, 1.82) is 0 Å². The topological polar surface area (TPSA) is 122 Å². The fourth-order valence-electron chi connectivity index (χ4n) is 1.45. The van der Waals surface area contributed by atoms with Gasteiger partial charge in [0.1, 0.15) is 6.61 Å². The second-order valence-corrected chi connectivity index (χ2v) is 5.74. The molecule has 0 heterocycles. The molecule has 0 bridgehead atoms. The highest BCUT2D eigenvalue weighted by molar-refractivity contribution is 7.89. The lowest BCUT2D eigenvalue weighted by atomic mass is 10.2. The number of primary sulfonamides is 1. The normalized spacial score (nSPS) is 11.3. The van der Waals surface area contributed by atoms with Crippen molar-refractivity contribution >= 4 is 15.7 Å². The smallest absolute Gasteiger partial charge is 0.311 e. The molecule has 0 radical (unpaired) electrons. The van der Waals surface area contributed by atoms with E-state index in [-0.39, 0.29) is 37.0 Å². The zero-order valence-corrected chi connectivity index (χ0v) is 11.8. The maximum atomic E-state index is 10.8. The molecule has 0 amide bonds. The molecule has 0 aliphatic carbocycles. The Morgan fingerprint density at radius 2 is 2.00 bits per heavy atom. The number of nitro groups is 1. The first kappa shape index (κ1) is 16.3. The van der Waals surface area contributed by atoms with Crippen LogP contribution in [0.1, 0.15) is 5.56 Å². The summed E-state index contributed by atoms with van der Waals surface area (Å²) in [6.45, 7) is 1.85. The van der Waals surface area contributed by atoms with Crippen LogP contribution in [0.3, 0.4) is 0 Å². The van der Waals surface area contributed by atoms with Crippen molar-refractivity contribution in [3.63, 3.8) is 0 Å². The number of sulfonamides is 1. The van der Waals surface area contributed by atoms with Gasteiger partial charge in [-0.3, -0.25) is 10.1 Å². The van der Waals surface area contributed by atoms with Gasteiger partial charge < -0.3 is 9.47 Å². The van der Waals surface area contributed by atoms with Crippen LogP contribution in [0.4, 0.5) is 5.69 Å². The fraction of sp³-hybridized carbons (Fsp3) is 0.455. The third kappa shape index (κ3) is 5.51. The fourth-order valence-corrected chi connectivity index (χ4v) is 1.80. The van der Waals surface area contributed by atoms with Gasteiger partial charge in [0.05, 0.1) is 23.9 Å². The maximum absolute atomic E-state index is 10.8. The summed E-state index contributed by atoms with van der Waals surface area (Å²) in [7, 11) is -3.54. The predicted molar refractivity (Wildman–Crippen MR) is 72.1 cm³/mol. The first-order chi connectivity index (χ1) is 9.31. The molecule has 0 unspecified atom stereocenters. The Hall–Kier alpha value is -1.71. The Balaban J connectivity index is 2.45. The molecule has 1 rings (SSSR count). The number of ether oxygens (including phenoxy) is 2. The van der Waals surface area contributed by atoms with Gasteiger partial charge >= 0.3 is 5.69 Å². The highest BCUT2D eigenvalue weighted by atomic mass is 32.2. The van der Waals surface area contributed by atoms with E-state index in [4.69, 9.17) is 14.6 Å². The average molecular weight is 304 g/mol. The summed E-state index contributed by atoms with van der Waals surface area (Å²) in [6.07, 6.45) is 0. The van der Waals surface area contributed by atoms with E-state index in [1.54, 1.807) is 19.1 Å². The molecule has 1 aromatic carbocycles. The van der Waals surface area contributed by atoms with E-state index in [9.17, 15) is 18.5 Å². The number of hydrogen-bond donors (Lipinski definition) is 1. The standard InChI is InChI=1S/C11H16N2O6S/c1-9-3-2-4-10(13(14)15)11(9)19-6-5-18-7-8-20(12,16)17/h2-4H,5-8H2,1H3,(H2,12,16,17). The van der Waals surface area contributed by atoms with Crippen molar-refractivity contribution in [2.75, 3.05) is 25.6 Å². The molecule has 1 aromatic rings. The molecule has 0 atom stereocenters. The van der Waals surface area contributed by atoms with Gasteiger partial charge in [-0.1, -0.05) is 12.1 Å². The summed E-state index contributed by atoms with van der Waals surface area (Å²) < 4.78 is 31.6. The first-order valence-electron chi connectivity index (χ1n) is 5.76. The van der Waals surface area contributed by atoms with E-state index in [0.29, 0.717) is 5.56 Å². The Kier molecular flexibility index (Phi) is 5.86. The number of rotatable bonds is 8. The highest BCUT2D eigenvalue weighted by Gasteiger charge is 2.16. The SMILES string of the molecule is Cc1cccc([N+](=O)[O-])c1OCCOCCS(N)(=O)=O. The monoisotopic (exact) mass is 304 g/mol. The van der Waals surface area contributed by atoms with E-state index >= 15 is 0 Å². The highest BCUT2D eigenvalue weighted by Crippen LogP contribution is 2.29. The number of nitrogens with zero attached hydrogens (tertiary/aromatic N) is 1. The van der Waals surface area contributed by atoms with Crippen molar-refractivity contribution in [3.8, 4) is 5.75 Å². The molecule has 0 fully saturated rings. The lowest BCUT2D eigenvalue weighted by Crippen LogP contribution is -2.21. The number of para-hydroxylation sites is 1. The lowest BCUT2D eigenvalue weighted by Gasteiger charge is -2.09. The molecule has 0 saturated heterocycles. The minimum Gasteiger partial charge on any atom is -0.484 e. The van der Waals surface area contributed by atoms with E-state index < -0.39 is 14.9 Å². The van der Waals surface area contributed by atoms with Crippen LogP contribution in [-0.2, 0) is 14.8 Å². The number of nitrogens with two attached hydrogens (primary N) is 1. The van der Waals surface area contributed by atoms with Gasteiger partial charge in [0.2, 0.25) is 10.0 Å². The van der Waals surface area contributed by atoms with Gasteiger partial charge in [0.25, 0.3) is 0 Å². The van der Waals surface area contributed by atoms with Gasteiger partial charge in [-0.05, 0) is 12.5 Å². The minimum atomic E-state index is -3.54. The summed E-state index contributed by atoms with van der Waals surface area (Å²) >= 11 is 0. The van der Waals surface area contributed by atoms with Crippen molar-refractivity contribution in [3.05, 3.63) is 33.9 Å². The number of nitro benzene ring substituents is 1. The van der Waals surface area contributed by atoms with Crippen LogP contribution in [0.25, 0.3) is 0 Å². The molecule has 0 aliphatic rings. The van der Waals surface area contributed by atoms with Gasteiger partial charge in [0, 0.05) is 6.07 Å². The average Bonchev–Trinajstić information content (AvgIpc) is 2.33. The third-order valence-corrected chi connectivity index (χ3v) is 3.11. The summed E-state index contributed by atoms with van der Waals surface area (Å²) in [5, 5.41) is 15.6. The Labute approximate surface area is 116 Å². The van der Waals surface area contributed by atoms with Crippen molar-refractivity contribution in [2.45, 2.75) is 6.92 Å². The zero-order chi connectivity index (χ0) is 15.2. The summed E-state index contributed by atoms with van der Waals surface area (Å²) in [6, 6.07) is 4.62. The van der Waals surface area contributed by atoms with E-state index in [1.807, 2.05) is 0 Å². The van der Waals surface area contributed by atoms with Crippen LogP contribution in [0.5, 0.6) is 5.75 Å². The third-order valence-electron chi connectivity index (χ3n) is 2.37. The number of aryl methyl sites for hydroxylation is 1. The summed E-state index contributed by atoms with van der Waals surface area (Å²) in [5.41, 5.74) is 0.526. The molecule has 0 saturated carbocycles. The Bertz CT molecular complexity index is 572. The molecule has 8 nitrogen and oxygen atoms in total. The molecule has 112 valence electrons. The second-order valence-electron chi connectivity index (χ2n) is 4.01. The summed E-state index contributed by atoms with van der Waals surface area (Å²) in [5.74, 6) is -0.0927. The molecule has 0 aliphatic heterocycles. The Morgan fingerprint density at radius 3 is 2.60 bits per heavy atom. The Morgan fingerprint density at radius 1 is 1.30 bits per heavy atom. The van der Waals surface area contributed by atoms with Gasteiger partial charge in [-0.15, -0.1) is 0 Å².